The van der Waals surface area contributed by atoms with Gasteiger partial charge in [-0.1, -0.05) is 74.5 Å². The molecule has 3 N–H and O–H groups in total. The van der Waals surface area contributed by atoms with Crippen LogP contribution in [-0.2, 0) is 10.3 Å². The van der Waals surface area contributed by atoms with E-state index in [4.69, 9.17) is 0 Å². The number of rotatable bonds is 5. The number of amides is 1. The van der Waals surface area contributed by atoms with Crippen LogP contribution in [-0.4, -0.2) is 18.0 Å². The molecule has 4 nitrogen and oxygen atoms in total. The van der Waals surface area contributed by atoms with Gasteiger partial charge in [0.2, 0.25) is 5.91 Å². The van der Waals surface area contributed by atoms with Crippen molar-refractivity contribution in [1.82, 2.24) is 16.2 Å². The van der Waals surface area contributed by atoms with E-state index in [1.54, 1.807) is 0 Å². The SMILES string of the molecule is CC(C)C1CC(C(=O)NC(C)(c2ccccc2)c2ccccc2)NN1. The molecule has 1 fully saturated rings. The van der Waals surface area contributed by atoms with Crippen molar-refractivity contribution in [1.29, 1.82) is 0 Å². The number of hydrogen-bond donors (Lipinski definition) is 3. The van der Waals surface area contributed by atoms with E-state index in [9.17, 15) is 4.79 Å². The second-order valence-corrected chi connectivity index (χ2v) is 7.27. The van der Waals surface area contributed by atoms with Gasteiger partial charge >= 0.3 is 0 Å². The summed E-state index contributed by atoms with van der Waals surface area (Å²) >= 11 is 0. The zero-order valence-corrected chi connectivity index (χ0v) is 15.1. The highest BCUT2D eigenvalue weighted by molar-refractivity contribution is 5.83. The van der Waals surface area contributed by atoms with E-state index in [1.165, 1.54) is 0 Å². The second-order valence-electron chi connectivity index (χ2n) is 7.27. The van der Waals surface area contributed by atoms with E-state index in [2.05, 4.69) is 61.2 Å². The van der Waals surface area contributed by atoms with Crippen LogP contribution >= 0.6 is 0 Å². The fourth-order valence-corrected chi connectivity index (χ4v) is 3.38. The average molecular weight is 337 g/mol. The molecule has 0 radical (unpaired) electrons. The largest absolute Gasteiger partial charge is 0.341 e. The van der Waals surface area contributed by atoms with Crippen LogP contribution in [0.5, 0.6) is 0 Å². The van der Waals surface area contributed by atoms with Crippen LogP contribution in [0.1, 0.15) is 38.3 Å². The maximum atomic E-state index is 13.0. The molecule has 0 aromatic heterocycles. The molecule has 132 valence electrons. The Morgan fingerprint density at radius 2 is 1.52 bits per heavy atom. The summed E-state index contributed by atoms with van der Waals surface area (Å²) in [6.45, 7) is 6.40. The van der Waals surface area contributed by atoms with Gasteiger partial charge in [0.05, 0.1) is 5.54 Å². The number of carbonyl (C=O) groups excluding carboxylic acids is 1. The predicted molar refractivity (Wildman–Crippen MR) is 101 cm³/mol. The van der Waals surface area contributed by atoms with Gasteiger partial charge < -0.3 is 5.32 Å². The van der Waals surface area contributed by atoms with Gasteiger partial charge in [0.25, 0.3) is 0 Å². The van der Waals surface area contributed by atoms with Crippen molar-refractivity contribution in [3.8, 4) is 0 Å². The van der Waals surface area contributed by atoms with E-state index in [0.29, 0.717) is 12.0 Å². The van der Waals surface area contributed by atoms with Gasteiger partial charge in [0, 0.05) is 6.04 Å². The standard InChI is InChI=1S/C21H27N3O/c1-15(2)18-14-19(24-23-18)20(25)22-21(3,16-10-6-4-7-11-16)17-12-8-5-9-13-17/h4-13,15,18-19,23-24H,14H2,1-3H3,(H,22,25). The number of carbonyl (C=O) groups is 1. The number of nitrogens with one attached hydrogen (secondary N) is 3. The van der Waals surface area contributed by atoms with Gasteiger partial charge in [-0.25, -0.2) is 5.43 Å². The molecule has 2 atom stereocenters. The zero-order valence-electron chi connectivity index (χ0n) is 15.1. The van der Waals surface area contributed by atoms with E-state index in [-0.39, 0.29) is 11.9 Å². The molecule has 0 bridgehead atoms. The highest BCUT2D eigenvalue weighted by atomic mass is 16.2. The summed E-state index contributed by atoms with van der Waals surface area (Å²) in [6.07, 6.45) is 0.795. The summed E-state index contributed by atoms with van der Waals surface area (Å²) < 4.78 is 0. The molecule has 2 unspecified atom stereocenters. The molecule has 1 aliphatic rings. The minimum absolute atomic E-state index is 0.0193. The third kappa shape index (κ3) is 3.75. The highest BCUT2D eigenvalue weighted by Gasteiger charge is 2.36. The molecule has 2 aromatic rings. The molecule has 1 saturated heterocycles. The minimum Gasteiger partial charge on any atom is -0.341 e. The first-order valence-corrected chi connectivity index (χ1v) is 8.95. The maximum Gasteiger partial charge on any atom is 0.239 e. The summed E-state index contributed by atoms with van der Waals surface area (Å²) in [4.78, 5) is 13.0. The quantitative estimate of drug-likeness (QED) is 0.786. The van der Waals surface area contributed by atoms with Gasteiger partial charge in [-0.15, -0.1) is 0 Å². The predicted octanol–water partition coefficient (Wildman–Crippen LogP) is 2.96. The Balaban J connectivity index is 1.85. The smallest absolute Gasteiger partial charge is 0.239 e. The van der Waals surface area contributed by atoms with Crippen LogP contribution in [0.3, 0.4) is 0 Å². The lowest BCUT2D eigenvalue weighted by Gasteiger charge is -2.33. The topological polar surface area (TPSA) is 53.2 Å². The Kier molecular flexibility index (Phi) is 5.21. The van der Waals surface area contributed by atoms with E-state index in [1.807, 2.05) is 36.4 Å². The molecule has 2 aromatic carbocycles. The lowest BCUT2D eigenvalue weighted by atomic mass is 9.84. The van der Waals surface area contributed by atoms with Crippen LogP contribution < -0.4 is 16.2 Å². The summed E-state index contributed by atoms with van der Waals surface area (Å²) in [5, 5.41) is 3.29. The van der Waals surface area contributed by atoms with Gasteiger partial charge in [-0.3, -0.25) is 10.2 Å². The van der Waals surface area contributed by atoms with Gasteiger partial charge in [0.1, 0.15) is 6.04 Å². The Morgan fingerprint density at radius 1 is 1.00 bits per heavy atom. The molecular weight excluding hydrogens is 310 g/mol. The summed E-state index contributed by atoms with van der Waals surface area (Å²) in [5.74, 6) is 0.505. The monoisotopic (exact) mass is 337 g/mol. The third-order valence-electron chi connectivity index (χ3n) is 5.13. The third-order valence-corrected chi connectivity index (χ3v) is 5.13. The molecule has 1 aliphatic heterocycles. The molecule has 0 saturated carbocycles. The first-order chi connectivity index (χ1) is 12.0. The molecule has 3 rings (SSSR count). The van der Waals surface area contributed by atoms with Crippen molar-refractivity contribution in [2.24, 2.45) is 5.92 Å². The van der Waals surface area contributed by atoms with Crippen molar-refractivity contribution in [2.45, 2.75) is 44.8 Å². The second kappa shape index (κ2) is 7.38. The lowest BCUT2D eigenvalue weighted by Crippen LogP contribution is -2.51. The van der Waals surface area contributed by atoms with Gasteiger partial charge in [-0.05, 0) is 30.4 Å². The maximum absolute atomic E-state index is 13.0. The average Bonchev–Trinajstić information content (AvgIpc) is 3.14. The van der Waals surface area contributed by atoms with Crippen molar-refractivity contribution >= 4 is 5.91 Å². The van der Waals surface area contributed by atoms with Crippen molar-refractivity contribution < 1.29 is 4.79 Å². The molecule has 4 heteroatoms. The van der Waals surface area contributed by atoms with E-state index < -0.39 is 5.54 Å². The van der Waals surface area contributed by atoms with Gasteiger partial charge in [-0.2, -0.15) is 0 Å². The van der Waals surface area contributed by atoms with Crippen LogP contribution in [0.25, 0.3) is 0 Å². The first-order valence-electron chi connectivity index (χ1n) is 8.95. The Morgan fingerprint density at radius 3 is 1.96 bits per heavy atom. The molecule has 1 heterocycles. The Labute approximate surface area is 150 Å². The fraction of sp³-hybridized carbons (Fsp3) is 0.381. The first kappa shape index (κ1) is 17.6. The molecule has 25 heavy (non-hydrogen) atoms. The van der Waals surface area contributed by atoms with E-state index in [0.717, 1.165) is 17.5 Å². The summed E-state index contributed by atoms with van der Waals surface area (Å²) in [5.41, 5.74) is 7.96. The van der Waals surface area contributed by atoms with Crippen molar-refractivity contribution in [3.63, 3.8) is 0 Å². The van der Waals surface area contributed by atoms with Crippen LogP contribution in [0, 0.1) is 5.92 Å². The Hall–Kier alpha value is -2.17. The van der Waals surface area contributed by atoms with Crippen LogP contribution in [0.4, 0.5) is 0 Å². The van der Waals surface area contributed by atoms with Crippen molar-refractivity contribution in [2.75, 3.05) is 0 Å². The Bertz CT molecular complexity index is 660. The highest BCUT2D eigenvalue weighted by Crippen LogP contribution is 2.29. The zero-order chi connectivity index (χ0) is 17.9. The number of benzene rings is 2. The van der Waals surface area contributed by atoms with Crippen molar-refractivity contribution in [3.05, 3.63) is 71.8 Å². The summed E-state index contributed by atoms with van der Waals surface area (Å²) in [7, 11) is 0. The normalized spacial score (nSPS) is 20.6. The van der Waals surface area contributed by atoms with E-state index >= 15 is 0 Å². The van der Waals surface area contributed by atoms with Crippen LogP contribution in [0.2, 0.25) is 0 Å². The number of hydrogen-bond acceptors (Lipinski definition) is 3. The van der Waals surface area contributed by atoms with Gasteiger partial charge in [0.15, 0.2) is 0 Å². The summed E-state index contributed by atoms with van der Waals surface area (Å²) in [6, 6.07) is 20.3. The minimum atomic E-state index is -0.572. The molecule has 1 amide bonds. The molecular formula is C21H27N3O. The molecule has 0 spiro atoms. The lowest BCUT2D eigenvalue weighted by molar-refractivity contribution is -0.124. The number of hydrazine groups is 1. The van der Waals surface area contributed by atoms with Crippen LogP contribution in [0.15, 0.2) is 60.7 Å². The molecule has 0 aliphatic carbocycles. The fourth-order valence-electron chi connectivity index (χ4n) is 3.38.